The van der Waals surface area contributed by atoms with Gasteiger partial charge in [0.15, 0.2) is 0 Å². The third kappa shape index (κ3) is 4.14. The Morgan fingerprint density at radius 1 is 1.52 bits per heavy atom. The lowest BCUT2D eigenvalue weighted by atomic mass is 10.1. The van der Waals surface area contributed by atoms with Crippen LogP contribution in [0, 0.1) is 0 Å². The van der Waals surface area contributed by atoms with Crippen LogP contribution in [0.2, 0.25) is 0 Å². The van der Waals surface area contributed by atoms with Crippen LogP contribution >= 0.6 is 15.9 Å². The molecule has 0 radical (unpaired) electrons. The van der Waals surface area contributed by atoms with Gasteiger partial charge >= 0.3 is 12.6 Å². The molecule has 21 heavy (non-hydrogen) atoms. The fraction of sp³-hybridized carbons (Fsp3) is 0.500. The summed E-state index contributed by atoms with van der Waals surface area (Å²) in [6.07, 6.45) is 1.59. The van der Waals surface area contributed by atoms with Crippen LogP contribution in [0.1, 0.15) is 18.4 Å². The maximum atomic E-state index is 12.5. The molecule has 0 amide bonds. The lowest BCUT2D eigenvalue weighted by Gasteiger charge is -2.23. The van der Waals surface area contributed by atoms with Crippen LogP contribution in [0.4, 0.5) is 8.78 Å². The number of alkyl halides is 2. The summed E-state index contributed by atoms with van der Waals surface area (Å²) in [6.45, 7) is -1.79. The second kappa shape index (κ2) is 7.17. The minimum absolute atomic E-state index is 0.128. The first kappa shape index (κ1) is 16.2. The fourth-order valence-corrected chi connectivity index (χ4v) is 2.93. The highest BCUT2D eigenvalue weighted by molar-refractivity contribution is 9.10. The van der Waals surface area contributed by atoms with Crippen LogP contribution in [0.15, 0.2) is 22.7 Å². The fourth-order valence-electron chi connectivity index (χ4n) is 2.52. The van der Waals surface area contributed by atoms with E-state index in [0.717, 1.165) is 17.4 Å². The summed E-state index contributed by atoms with van der Waals surface area (Å²) in [4.78, 5) is 13.6. The molecule has 1 heterocycles. The maximum Gasteiger partial charge on any atom is 0.387 e. The average molecular weight is 364 g/mol. The molecule has 0 aromatic heterocycles. The molecule has 2 rings (SSSR count). The highest BCUT2D eigenvalue weighted by Gasteiger charge is 2.32. The lowest BCUT2D eigenvalue weighted by Crippen LogP contribution is -2.36. The summed E-state index contributed by atoms with van der Waals surface area (Å²) in [6, 6.07) is 4.54. The zero-order valence-corrected chi connectivity index (χ0v) is 13.1. The number of ether oxygens (including phenoxy) is 2. The quantitative estimate of drug-likeness (QED) is 0.753. The van der Waals surface area contributed by atoms with Crippen LogP contribution in [0.3, 0.4) is 0 Å². The predicted molar refractivity (Wildman–Crippen MR) is 76.2 cm³/mol. The number of nitrogens with zero attached hydrogens (tertiary/aromatic N) is 1. The van der Waals surface area contributed by atoms with E-state index in [1.54, 1.807) is 12.1 Å². The van der Waals surface area contributed by atoms with Gasteiger partial charge in [0.2, 0.25) is 0 Å². The van der Waals surface area contributed by atoms with Crippen molar-refractivity contribution in [2.75, 3.05) is 13.7 Å². The van der Waals surface area contributed by atoms with Crippen molar-refractivity contribution in [3.05, 3.63) is 28.2 Å². The number of carbonyl (C=O) groups excluding carboxylic acids is 1. The number of likely N-dealkylation sites (tertiary alicyclic amines) is 1. The van der Waals surface area contributed by atoms with E-state index in [0.29, 0.717) is 18.5 Å². The van der Waals surface area contributed by atoms with E-state index >= 15 is 0 Å². The molecule has 7 heteroatoms. The molecule has 1 fully saturated rings. The van der Waals surface area contributed by atoms with Gasteiger partial charge in [-0.3, -0.25) is 9.69 Å². The number of halogens is 3. The standard InChI is InChI=1S/C14H16BrF2NO3/c1-20-13(19)11-3-2-6-18(11)8-9-7-10(15)4-5-12(9)21-14(16)17/h4-5,7,11,14H,2-3,6,8H2,1H3. The number of hydrogen-bond acceptors (Lipinski definition) is 4. The summed E-state index contributed by atoms with van der Waals surface area (Å²) in [7, 11) is 1.35. The van der Waals surface area contributed by atoms with E-state index in [1.807, 2.05) is 4.90 Å². The molecular formula is C14H16BrF2NO3. The second-order valence-electron chi connectivity index (χ2n) is 4.78. The van der Waals surface area contributed by atoms with Gasteiger partial charge in [-0.05, 0) is 37.6 Å². The predicted octanol–water partition coefficient (Wildman–Crippen LogP) is 3.19. The molecule has 1 aromatic rings. The lowest BCUT2D eigenvalue weighted by molar-refractivity contribution is -0.146. The first-order chi connectivity index (χ1) is 10.0. The molecular weight excluding hydrogens is 348 g/mol. The van der Waals surface area contributed by atoms with E-state index in [1.165, 1.54) is 13.2 Å². The van der Waals surface area contributed by atoms with Gasteiger partial charge in [0.25, 0.3) is 0 Å². The molecule has 1 aliphatic rings. The van der Waals surface area contributed by atoms with E-state index in [4.69, 9.17) is 4.74 Å². The molecule has 116 valence electrons. The van der Waals surface area contributed by atoms with Gasteiger partial charge in [-0.1, -0.05) is 15.9 Å². The van der Waals surface area contributed by atoms with Gasteiger partial charge in [0.1, 0.15) is 11.8 Å². The topological polar surface area (TPSA) is 38.8 Å². The Labute approximate surface area is 130 Å². The highest BCUT2D eigenvalue weighted by atomic mass is 79.9. The number of hydrogen-bond donors (Lipinski definition) is 0. The van der Waals surface area contributed by atoms with Gasteiger partial charge in [0, 0.05) is 16.6 Å². The van der Waals surface area contributed by atoms with Crippen molar-refractivity contribution in [2.24, 2.45) is 0 Å². The summed E-state index contributed by atoms with van der Waals surface area (Å²) in [5, 5.41) is 0. The number of esters is 1. The Balaban J connectivity index is 2.17. The van der Waals surface area contributed by atoms with Gasteiger partial charge in [-0.25, -0.2) is 0 Å². The van der Waals surface area contributed by atoms with Crippen LogP contribution in [-0.2, 0) is 16.1 Å². The van der Waals surface area contributed by atoms with Crippen molar-refractivity contribution in [1.82, 2.24) is 4.90 Å². The van der Waals surface area contributed by atoms with Crippen LogP contribution in [0.25, 0.3) is 0 Å². The van der Waals surface area contributed by atoms with Crippen molar-refractivity contribution in [3.8, 4) is 5.75 Å². The molecule has 0 spiro atoms. The molecule has 0 saturated carbocycles. The van der Waals surface area contributed by atoms with Crippen molar-refractivity contribution in [3.63, 3.8) is 0 Å². The first-order valence-corrected chi connectivity index (χ1v) is 7.35. The van der Waals surface area contributed by atoms with Crippen LogP contribution in [0.5, 0.6) is 5.75 Å². The Hall–Kier alpha value is -1.21. The zero-order valence-electron chi connectivity index (χ0n) is 11.5. The number of carbonyl (C=O) groups is 1. The molecule has 1 aliphatic heterocycles. The average Bonchev–Trinajstić information content (AvgIpc) is 2.89. The van der Waals surface area contributed by atoms with Gasteiger partial charge in [0.05, 0.1) is 7.11 Å². The molecule has 0 bridgehead atoms. The van der Waals surface area contributed by atoms with Crippen molar-refractivity contribution < 1.29 is 23.0 Å². The SMILES string of the molecule is COC(=O)C1CCCN1Cc1cc(Br)ccc1OC(F)F. The maximum absolute atomic E-state index is 12.5. The smallest absolute Gasteiger partial charge is 0.387 e. The van der Waals surface area contributed by atoms with Crippen molar-refractivity contribution >= 4 is 21.9 Å². The van der Waals surface area contributed by atoms with Gasteiger partial charge in [-0.15, -0.1) is 0 Å². The Morgan fingerprint density at radius 3 is 2.95 bits per heavy atom. The molecule has 1 atom stereocenters. The monoisotopic (exact) mass is 363 g/mol. The Kier molecular flexibility index (Phi) is 5.52. The van der Waals surface area contributed by atoms with Crippen molar-refractivity contribution in [1.29, 1.82) is 0 Å². The van der Waals surface area contributed by atoms with Crippen molar-refractivity contribution in [2.45, 2.75) is 32.0 Å². The number of benzene rings is 1. The Morgan fingerprint density at radius 2 is 2.29 bits per heavy atom. The largest absolute Gasteiger partial charge is 0.468 e. The van der Waals surface area contributed by atoms with E-state index < -0.39 is 6.61 Å². The number of rotatable bonds is 5. The third-order valence-electron chi connectivity index (χ3n) is 3.45. The Bertz CT molecular complexity index is 513. The molecule has 0 N–H and O–H groups in total. The van der Waals surface area contributed by atoms with Gasteiger partial charge < -0.3 is 9.47 Å². The number of methoxy groups -OCH3 is 1. The minimum atomic E-state index is -2.88. The van der Waals surface area contributed by atoms with E-state index in [9.17, 15) is 13.6 Å². The molecule has 4 nitrogen and oxygen atoms in total. The van der Waals surface area contributed by atoms with E-state index in [2.05, 4.69) is 20.7 Å². The second-order valence-corrected chi connectivity index (χ2v) is 5.70. The van der Waals surface area contributed by atoms with Crippen LogP contribution in [-0.4, -0.2) is 37.2 Å². The molecule has 1 unspecified atom stereocenters. The zero-order chi connectivity index (χ0) is 15.4. The summed E-state index contributed by atoms with van der Waals surface area (Å²) in [5.41, 5.74) is 0.612. The third-order valence-corrected chi connectivity index (χ3v) is 3.94. The van der Waals surface area contributed by atoms with Gasteiger partial charge in [-0.2, -0.15) is 8.78 Å². The summed E-state index contributed by atoms with van der Waals surface area (Å²) < 4.78 is 35.0. The van der Waals surface area contributed by atoms with E-state index in [-0.39, 0.29) is 17.8 Å². The molecule has 1 saturated heterocycles. The normalized spacial score (nSPS) is 19.0. The minimum Gasteiger partial charge on any atom is -0.468 e. The molecule has 0 aliphatic carbocycles. The first-order valence-electron chi connectivity index (χ1n) is 6.56. The van der Waals surface area contributed by atoms with Crippen LogP contribution < -0.4 is 4.74 Å². The summed E-state index contributed by atoms with van der Waals surface area (Å²) in [5.74, 6) is -0.164. The summed E-state index contributed by atoms with van der Waals surface area (Å²) >= 11 is 3.32. The highest BCUT2D eigenvalue weighted by Crippen LogP contribution is 2.29. The molecule has 1 aromatic carbocycles.